The number of allylic oxidation sites excluding steroid dienone is 1. The van der Waals surface area contributed by atoms with Crippen molar-refractivity contribution in [2.45, 2.75) is 6.42 Å². The number of hydrogen-bond acceptors (Lipinski definition) is 0. The first-order valence-corrected chi connectivity index (χ1v) is 3.12. The van der Waals surface area contributed by atoms with Crippen molar-refractivity contribution in [1.29, 1.82) is 0 Å². The van der Waals surface area contributed by atoms with Gasteiger partial charge in [0.1, 0.15) is 0 Å². The van der Waals surface area contributed by atoms with E-state index in [9.17, 15) is 0 Å². The molecule has 0 bridgehead atoms. The fourth-order valence-corrected chi connectivity index (χ4v) is 1.13. The first kappa shape index (κ1) is 4.80. The zero-order chi connectivity index (χ0) is 6.10. The molecule has 1 radical (unpaired) electrons. The molecule has 0 saturated heterocycles. The highest BCUT2D eigenvalue weighted by Crippen LogP contribution is 2.17. The molecule has 43 valence electrons. The van der Waals surface area contributed by atoms with Crippen molar-refractivity contribution in [2.24, 2.45) is 0 Å². The maximum Gasteiger partial charge on any atom is -0.00880 e. The number of hydrogen-bond donors (Lipinski definition) is 0. The monoisotopic (exact) mass is 115 g/mol. The smallest absolute Gasteiger partial charge is 0.00880 e. The molecular formula is C9H7. The third-order valence-corrected chi connectivity index (χ3v) is 1.62. The normalized spacial score (nSPS) is 13.8. The second kappa shape index (κ2) is 1.73. The summed E-state index contributed by atoms with van der Waals surface area (Å²) < 4.78 is 0. The van der Waals surface area contributed by atoms with Gasteiger partial charge in [-0.2, -0.15) is 0 Å². The van der Waals surface area contributed by atoms with Crippen molar-refractivity contribution in [2.75, 3.05) is 0 Å². The predicted octanol–water partition coefficient (Wildman–Crippen LogP) is 2.06. The molecule has 0 N–H and O–H groups in total. The van der Waals surface area contributed by atoms with Crippen molar-refractivity contribution >= 4 is 6.08 Å². The first-order valence-electron chi connectivity index (χ1n) is 3.12. The molecule has 0 aromatic heterocycles. The number of rotatable bonds is 0. The lowest BCUT2D eigenvalue weighted by Gasteiger charge is -1.92. The van der Waals surface area contributed by atoms with Crippen LogP contribution in [0.1, 0.15) is 11.1 Å². The Balaban J connectivity index is 2.63. The van der Waals surface area contributed by atoms with Crippen molar-refractivity contribution in [3.63, 3.8) is 0 Å². The molecule has 0 aliphatic heterocycles. The second-order valence-electron chi connectivity index (χ2n) is 2.23. The maximum atomic E-state index is 3.05. The fourth-order valence-electron chi connectivity index (χ4n) is 1.13. The largest absolute Gasteiger partial charge is 0.0795 e. The van der Waals surface area contributed by atoms with E-state index >= 15 is 0 Å². The highest BCUT2D eigenvalue weighted by atomic mass is 14.0. The minimum absolute atomic E-state index is 1.09. The first-order chi connectivity index (χ1) is 4.47. The lowest BCUT2D eigenvalue weighted by atomic mass is 10.1. The van der Waals surface area contributed by atoms with E-state index in [0.29, 0.717) is 0 Å². The molecule has 0 nitrogen and oxygen atoms in total. The predicted molar refractivity (Wildman–Crippen MR) is 38.0 cm³/mol. The Morgan fingerprint density at radius 2 is 2.44 bits per heavy atom. The average Bonchev–Trinajstić information content (AvgIpc) is 2.33. The molecular weight excluding hydrogens is 108 g/mol. The summed E-state index contributed by atoms with van der Waals surface area (Å²) in [5.41, 5.74) is 2.76. The number of fused-ring (bicyclic) bond motifs is 1. The molecule has 1 aromatic carbocycles. The van der Waals surface area contributed by atoms with Crippen LogP contribution in [-0.2, 0) is 6.42 Å². The summed E-state index contributed by atoms with van der Waals surface area (Å²) in [5.74, 6) is 0. The van der Waals surface area contributed by atoms with Crippen LogP contribution in [0.2, 0.25) is 0 Å². The Kier molecular flexibility index (Phi) is 0.922. The van der Waals surface area contributed by atoms with Crippen LogP contribution in [-0.4, -0.2) is 0 Å². The molecule has 2 rings (SSSR count). The molecule has 9 heavy (non-hydrogen) atoms. The average molecular weight is 115 g/mol. The van der Waals surface area contributed by atoms with Gasteiger partial charge in [0.2, 0.25) is 0 Å². The van der Waals surface area contributed by atoms with Crippen molar-refractivity contribution in [1.82, 2.24) is 0 Å². The van der Waals surface area contributed by atoms with Gasteiger partial charge in [-0.15, -0.1) is 0 Å². The Morgan fingerprint density at radius 3 is 3.33 bits per heavy atom. The molecule has 0 atom stereocenters. The van der Waals surface area contributed by atoms with Gasteiger partial charge >= 0.3 is 0 Å². The van der Waals surface area contributed by atoms with E-state index in [1.54, 1.807) is 0 Å². The van der Waals surface area contributed by atoms with Crippen LogP contribution in [0.25, 0.3) is 6.08 Å². The van der Waals surface area contributed by atoms with Crippen LogP contribution in [0.4, 0.5) is 0 Å². The lowest BCUT2D eigenvalue weighted by Crippen LogP contribution is -1.77. The highest BCUT2D eigenvalue weighted by molar-refractivity contribution is 5.59. The molecule has 1 aliphatic rings. The van der Waals surface area contributed by atoms with E-state index in [0.717, 1.165) is 6.42 Å². The fraction of sp³-hybridized carbons (Fsp3) is 0.111. The van der Waals surface area contributed by atoms with E-state index in [-0.39, 0.29) is 0 Å². The van der Waals surface area contributed by atoms with Crippen LogP contribution < -0.4 is 0 Å². The maximum absolute atomic E-state index is 3.05. The zero-order valence-corrected chi connectivity index (χ0v) is 5.09. The minimum atomic E-state index is 1.09. The molecule has 1 aliphatic carbocycles. The molecule has 0 saturated carbocycles. The molecule has 0 heterocycles. The summed E-state index contributed by atoms with van der Waals surface area (Å²) >= 11 is 0. The summed E-state index contributed by atoms with van der Waals surface area (Å²) in [7, 11) is 0. The van der Waals surface area contributed by atoms with Gasteiger partial charge in [-0.3, -0.25) is 0 Å². The Morgan fingerprint density at radius 1 is 1.44 bits per heavy atom. The minimum Gasteiger partial charge on any atom is -0.0795 e. The summed E-state index contributed by atoms with van der Waals surface area (Å²) in [6.45, 7) is 0. The van der Waals surface area contributed by atoms with Gasteiger partial charge in [0.25, 0.3) is 0 Å². The Hall–Kier alpha value is -1.04. The molecule has 0 unspecified atom stereocenters. The summed E-state index contributed by atoms with van der Waals surface area (Å²) in [5, 5.41) is 0. The van der Waals surface area contributed by atoms with E-state index in [4.69, 9.17) is 0 Å². The SMILES string of the molecule is [c]1ccc2c(c1)CC=C2. The van der Waals surface area contributed by atoms with E-state index in [2.05, 4.69) is 30.4 Å². The van der Waals surface area contributed by atoms with Crippen LogP contribution in [0, 0.1) is 6.07 Å². The van der Waals surface area contributed by atoms with Crippen LogP contribution in [0.15, 0.2) is 24.3 Å². The second-order valence-corrected chi connectivity index (χ2v) is 2.23. The van der Waals surface area contributed by atoms with E-state index in [1.165, 1.54) is 11.1 Å². The van der Waals surface area contributed by atoms with Gasteiger partial charge in [0.05, 0.1) is 0 Å². The van der Waals surface area contributed by atoms with Crippen molar-refractivity contribution in [3.8, 4) is 0 Å². The van der Waals surface area contributed by atoms with Gasteiger partial charge in [-0.25, -0.2) is 0 Å². The zero-order valence-electron chi connectivity index (χ0n) is 5.09. The highest BCUT2D eigenvalue weighted by Gasteiger charge is 2.00. The summed E-state index contributed by atoms with van der Waals surface area (Å²) in [6.07, 6.45) is 5.42. The lowest BCUT2D eigenvalue weighted by molar-refractivity contribution is 1.31. The topological polar surface area (TPSA) is 0 Å². The molecule has 1 aromatic rings. The molecule has 0 amide bonds. The van der Waals surface area contributed by atoms with Gasteiger partial charge in [0, 0.05) is 0 Å². The Bertz CT molecular complexity index is 246. The molecule has 0 spiro atoms. The molecule has 0 heteroatoms. The molecule has 0 fully saturated rings. The standard InChI is InChI=1S/C9H7/c1-2-5-9-7-3-6-8(9)4-1/h1,3-6H,7H2. The number of benzene rings is 1. The Labute approximate surface area is 54.8 Å². The van der Waals surface area contributed by atoms with Gasteiger partial charge < -0.3 is 0 Å². The van der Waals surface area contributed by atoms with Gasteiger partial charge in [0.15, 0.2) is 0 Å². The van der Waals surface area contributed by atoms with Crippen LogP contribution >= 0.6 is 0 Å². The third-order valence-electron chi connectivity index (χ3n) is 1.62. The summed E-state index contributed by atoms with van der Waals surface area (Å²) in [4.78, 5) is 0. The third kappa shape index (κ3) is 0.672. The van der Waals surface area contributed by atoms with E-state index in [1.807, 2.05) is 6.07 Å². The van der Waals surface area contributed by atoms with Crippen LogP contribution in [0.3, 0.4) is 0 Å². The van der Waals surface area contributed by atoms with Crippen molar-refractivity contribution < 1.29 is 0 Å². The van der Waals surface area contributed by atoms with Gasteiger partial charge in [-0.1, -0.05) is 30.4 Å². The van der Waals surface area contributed by atoms with E-state index < -0.39 is 0 Å². The van der Waals surface area contributed by atoms with Crippen molar-refractivity contribution in [3.05, 3.63) is 41.5 Å². The van der Waals surface area contributed by atoms with Gasteiger partial charge in [-0.05, 0) is 23.6 Å². The quantitative estimate of drug-likeness (QED) is 0.485. The summed E-state index contributed by atoms with van der Waals surface area (Å²) in [6, 6.07) is 9.15. The van der Waals surface area contributed by atoms with Crippen LogP contribution in [0.5, 0.6) is 0 Å².